The first-order chi connectivity index (χ1) is 19.2. The largest absolute Gasteiger partial charge is 0.457 e. The molecule has 2 N–H and O–H groups in total. The number of piperazine rings is 1. The number of hydrogen-bond donors (Lipinski definition) is 2. The molecule has 1 aliphatic heterocycles. The number of carbonyl (C=O) groups is 1. The van der Waals surface area contributed by atoms with E-state index in [1.165, 1.54) is 0 Å². The fourth-order valence-corrected chi connectivity index (χ4v) is 4.50. The Hall–Kier alpha value is -4.24. The summed E-state index contributed by atoms with van der Waals surface area (Å²) in [5.41, 5.74) is 3.01. The summed E-state index contributed by atoms with van der Waals surface area (Å²) in [6, 6.07) is 15.2. The van der Waals surface area contributed by atoms with Gasteiger partial charge in [0.15, 0.2) is 0 Å². The van der Waals surface area contributed by atoms with Gasteiger partial charge in [0, 0.05) is 48.4 Å². The molecule has 3 heterocycles. The molecule has 2 aromatic carbocycles. The van der Waals surface area contributed by atoms with Crippen LogP contribution in [0.15, 0.2) is 61.1 Å². The summed E-state index contributed by atoms with van der Waals surface area (Å²) in [5.74, 6) is 2.99. The second kappa shape index (κ2) is 11.5. The van der Waals surface area contributed by atoms with Crippen LogP contribution in [0.2, 0.25) is 0 Å². The van der Waals surface area contributed by atoms with Crippen molar-refractivity contribution >= 4 is 34.1 Å². The van der Waals surface area contributed by atoms with Gasteiger partial charge in [-0.25, -0.2) is 15.0 Å². The van der Waals surface area contributed by atoms with Crippen LogP contribution in [0.25, 0.3) is 10.9 Å². The van der Waals surface area contributed by atoms with Crippen LogP contribution in [-0.4, -0.2) is 64.5 Å². The second-order valence-electron chi connectivity index (χ2n) is 11.0. The first kappa shape index (κ1) is 27.3. The summed E-state index contributed by atoms with van der Waals surface area (Å²) < 4.78 is 6.13. The lowest BCUT2D eigenvalue weighted by Gasteiger charge is -2.33. The molecule has 9 heteroatoms. The summed E-state index contributed by atoms with van der Waals surface area (Å²) in [6.07, 6.45) is 4.23. The number of fused-ring (bicyclic) bond motifs is 1. The van der Waals surface area contributed by atoms with Crippen molar-refractivity contribution in [2.45, 2.75) is 39.7 Å². The highest BCUT2D eigenvalue weighted by Crippen LogP contribution is 2.31. The summed E-state index contributed by atoms with van der Waals surface area (Å²) in [4.78, 5) is 30.8. The average molecular weight is 540 g/mol. The SMILES string of the molecule is CCC(C)(C)NC(=O)c1ccc(Oc2ccc(Nc3ncnc4cnc(N5CCN(C)CC5)cc34)cc2C)cc1. The van der Waals surface area contributed by atoms with Crippen molar-refractivity contribution in [1.82, 2.24) is 25.2 Å². The first-order valence-corrected chi connectivity index (χ1v) is 13.7. The lowest BCUT2D eigenvalue weighted by atomic mass is 10.0. The molecule has 9 nitrogen and oxygen atoms in total. The van der Waals surface area contributed by atoms with Gasteiger partial charge in [-0.2, -0.15) is 0 Å². The molecule has 0 unspecified atom stereocenters. The van der Waals surface area contributed by atoms with Gasteiger partial charge in [-0.1, -0.05) is 6.92 Å². The van der Waals surface area contributed by atoms with Crippen LogP contribution in [0.5, 0.6) is 11.5 Å². The van der Waals surface area contributed by atoms with Gasteiger partial charge < -0.3 is 25.2 Å². The van der Waals surface area contributed by atoms with Gasteiger partial charge in [-0.3, -0.25) is 4.79 Å². The number of hydrogen-bond acceptors (Lipinski definition) is 8. The van der Waals surface area contributed by atoms with Crippen LogP contribution < -0.4 is 20.3 Å². The summed E-state index contributed by atoms with van der Waals surface area (Å²) in [6.45, 7) is 12.0. The Morgan fingerprint density at radius 3 is 2.45 bits per heavy atom. The molecule has 0 aliphatic carbocycles. The van der Waals surface area contributed by atoms with Crippen LogP contribution in [0.4, 0.5) is 17.3 Å². The van der Waals surface area contributed by atoms with Gasteiger partial charge in [0.25, 0.3) is 5.91 Å². The van der Waals surface area contributed by atoms with Gasteiger partial charge >= 0.3 is 0 Å². The number of pyridine rings is 1. The van der Waals surface area contributed by atoms with E-state index in [-0.39, 0.29) is 11.4 Å². The van der Waals surface area contributed by atoms with Crippen molar-refractivity contribution in [1.29, 1.82) is 0 Å². The van der Waals surface area contributed by atoms with Gasteiger partial charge in [-0.15, -0.1) is 0 Å². The number of anilines is 3. The van der Waals surface area contributed by atoms with E-state index in [0.717, 1.165) is 72.1 Å². The van der Waals surface area contributed by atoms with Crippen molar-refractivity contribution in [3.63, 3.8) is 0 Å². The molecule has 2 aromatic heterocycles. The second-order valence-corrected chi connectivity index (χ2v) is 11.0. The minimum atomic E-state index is -0.249. The Balaban J connectivity index is 1.29. The molecule has 0 saturated carbocycles. The van der Waals surface area contributed by atoms with E-state index < -0.39 is 0 Å². The molecule has 4 aromatic rings. The van der Waals surface area contributed by atoms with Crippen molar-refractivity contribution in [2.75, 3.05) is 43.4 Å². The fourth-order valence-electron chi connectivity index (χ4n) is 4.50. The average Bonchev–Trinajstić information content (AvgIpc) is 2.95. The number of aromatic nitrogens is 3. The Morgan fingerprint density at radius 2 is 1.75 bits per heavy atom. The molecule has 5 rings (SSSR count). The van der Waals surface area contributed by atoms with E-state index in [9.17, 15) is 4.79 Å². The van der Waals surface area contributed by atoms with Crippen LogP contribution in [-0.2, 0) is 0 Å². The van der Waals surface area contributed by atoms with Crippen LogP contribution in [0.3, 0.4) is 0 Å². The molecule has 0 bridgehead atoms. The Kier molecular flexibility index (Phi) is 7.84. The number of aryl methyl sites for hydroxylation is 1. The maximum Gasteiger partial charge on any atom is 0.251 e. The number of benzene rings is 2. The predicted molar refractivity (Wildman–Crippen MR) is 160 cm³/mol. The highest BCUT2D eigenvalue weighted by Gasteiger charge is 2.19. The van der Waals surface area contributed by atoms with E-state index in [1.807, 2.05) is 57.3 Å². The smallest absolute Gasteiger partial charge is 0.251 e. The molecule has 40 heavy (non-hydrogen) atoms. The Bertz CT molecular complexity index is 1500. The third kappa shape index (κ3) is 6.31. The van der Waals surface area contributed by atoms with Crippen molar-refractivity contribution in [3.8, 4) is 11.5 Å². The summed E-state index contributed by atoms with van der Waals surface area (Å²) in [5, 5.41) is 7.44. The lowest BCUT2D eigenvalue weighted by molar-refractivity contribution is 0.0911. The molecule has 1 fully saturated rings. The van der Waals surface area contributed by atoms with Crippen LogP contribution in [0.1, 0.15) is 43.1 Å². The number of amides is 1. The van der Waals surface area contributed by atoms with Gasteiger partial charge in [0.05, 0.1) is 11.7 Å². The molecule has 1 amide bonds. The number of likely N-dealkylation sites (N-methyl/N-ethyl adjacent to an activating group) is 1. The normalized spacial score (nSPS) is 14.3. The molecule has 1 saturated heterocycles. The Morgan fingerprint density at radius 1 is 1.00 bits per heavy atom. The standard InChI is InChI=1S/C31H37N7O2/c1-6-31(3,4)36-30(39)22-7-10-24(11-8-22)40-27-12-9-23(17-21(27)2)35-29-25-18-28(32-19-26(25)33-20-34-29)38-15-13-37(5)14-16-38/h7-12,17-20H,6,13-16H2,1-5H3,(H,36,39)(H,33,34,35). The maximum atomic E-state index is 12.5. The lowest BCUT2D eigenvalue weighted by Crippen LogP contribution is -2.44. The quantitative estimate of drug-likeness (QED) is 0.301. The number of nitrogens with zero attached hydrogens (tertiary/aromatic N) is 5. The van der Waals surface area contributed by atoms with E-state index in [1.54, 1.807) is 18.5 Å². The topological polar surface area (TPSA) is 95.5 Å². The third-order valence-electron chi connectivity index (χ3n) is 7.45. The summed E-state index contributed by atoms with van der Waals surface area (Å²) in [7, 11) is 2.14. The minimum absolute atomic E-state index is 0.0892. The third-order valence-corrected chi connectivity index (χ3v) is 7.45. The highest BCUT2D eigenvalue weighted by atomic mass is 16.5. The number of rotatable bonds is 8. The summed E-state index contributed by atoms with van der Waals surface area (Å²) >= 11 is 0. The number of carbonyl (C=O) groups excluding carboxylic acids is 1. The minimum Gasteiger partial charge on any atom is -0.457 e. The first-order valence-electron chi connectivity index (χ1n) is 13.7. The van der Waals surface area contributed by atoms with E-state index >= 15 is 0 Å². The fraction of sp³-hybridized carbons (Fsp3) is 0.355. The molecule has 1 aliphatic rings. The van der Waals surface area contributed by atoms with Crippen LogP contribution in [0, 0.1) is 6.92 Å². The molecule has 0 spiro atoms. The zero-order valence-electron chi connectivity index (χ0n) is 23.9. The molecule has 0 atom stereocenters. The van der Waals surface area contributed by atoms with E-state index in [0.29, 0.717) is 11.3 Å². The number of nitrogens with one attached hydrogen (secondary N) is 2. The van der Waals surface area contributed by atoms with Crippen molar-refractivity contribution < 1.29 is 9.53 Å². The molecule has 0 radical (unpaired) electrons. The van der Waals surface area contributed by atoms with Crippen LogP contribution >= 0.6 is 0 Å². The van der Waals surface area contributed by atoms with Gasteiger partial charge in [0.1, 0.15) is 29.5 Å². The predicted octanol–water partition coefficient (Wildman–Crippen LogP) is 5.54. The van der Waals surface area contributed by atoms with Crippen molar-refractivity contribution in [2.24, 2.45) is 0 Å². The zero-order valence-corrected chi connectivity index (χ0v) is 23.9. The van der Waals surface area contributed by atoms with Gasteiger partial charge in [-0.05, 0) is 88.3 Å². The number of ether oxygens (including phenoxy) is 1. The molecular formula is C31H37N7O2. The molecule has 208 valence electrons. The Labute approximate surface area is 235 Å². The van der Waals surface area contributed by atoms with Crippen molar-refractivity contribution in [3.05, 3.63) is 72.2 Å². The zero-order chi connectivity index (χ0) is 28.3. The van der Waals surface area contributed by atoms with Gasteiger partial charge in [0.2, 0.25) is 0 Å². The maximum absolute atomic E-state index is 12.5. The molecular weight excluding hydrogens is 502 g/mol. The highest BCUT2D eigenvalue weighted by molar-refractivity contribution is 5.95. The van der Waals surface area contributed by atoms with E-state index in [4.69, 9.17) is 4.74 Å². The van der Waals surface area contributed by atoms with E-state index in [2.05, 4.69) is 55.4 Å². The monoisotopic (exact) mass is 539 g/mol.